The molecule has 12 heteroatoms. The smallest absolute Gasteiger partial charge is 0.380 e. The van der Waals surface area contributed by atoms with E-state index in [-0.39, 0.29) is 17.7 Å². The predicted octanol–water partition coefficient (Wildman–Crippen LogP) is 4.28. The number of amides is 1. The minimum absolute atomic E-state index is 0.156. The second-order valence-electron chi connectivity index (χ2n) is 7.32. The Balaban J connectivity index is 2.05. The zero-order valence-corrected chi connectivity index (χ0v) is 17.3. The fourth-order valence-corrected chi connectivity index (χ4v) is 3.50. The summed E-state index contributed by atoms with van der Waals surface area (Å²) in [4.78, 5) is 16.3. The van der Waals surface area contributed by atoms with Crippen molar-refractivity contribution >= 4 is 11.7 Å². The Morgan fingerprint density at radius 1 is 1.03 bits per heavy atom. The first-order valence-corrected chi connectivity index (χ1v) is 9.42. The summed E-state index contributed by atoms with van der Waals surface area (Å²) in [6.45, 7) is 0.202. The van der Waals surface area contributed by atoms with Gasteiger partial charge in [-0.2, -0.15) is 26.3 Å². The van der Waals surface area contributed by atoms with Gasteiger partial charge in [0, 0.05) is 25.3 Å². The quantitative estimate of drug-likeness (QED) is 0.655. The number of nitrogens with zero attached hydrogens (tertiary/aromatic N) is 2. The number of alkyl halides is 6. The van der Waals surface area contributed by atoms with E-state index in [1.165, 1.54) is 31.4 Å². The monoisotopic (exact) mass is 477 g/mol. The molecule has 1 amide bonds. The van der Waals surface area contributed by atoms with Gasteiger partial charge in [-0.05, 0) is 42.0 Å². The third kappa shape index (κ3) is 4.39. The molecule has 2 aromatic rings. The summed E-state index contributed by atoms with van der Waals surface area (Å²) in [7, 11) is 2.37. The van der Waals surface area contributed by atoms with Crippen LogP contribution in [0.2, 0.25) is 0 Å². The van der Waals surface area contributed by atoms with Crippen molar-refractivity contribution in [2.75, 3.05) is 14.2 Å². The van der Waals surface area contributed by atoms with Crippen molar-refractivity contribution in [2.24, 2.45) is 4.99 Å². The maximum atomic E-state index is 14.0. The van der Waals surface area contributed by atoms with Crippen LogP contribution in [0.3, 0.4) is 0 Å². The van der Waals surface area contributed by atoms with E-state index in [2.05, 4.69) is 4.99 Å². The number of likely N-dealkylation sites (N-methyl/N-ethyl adjacent to an activating group) is 1. The molecule has 5 nitrogen and oxygen atoms in total. The molecule has 0 aliphatic carbocycles. The Morgan fingerprint density at radius 2 is 1.58 bits per heavy atom. The summed E-state index contributed by atoms with van der Waals surface area (Å²) >= 11 is 0. The predicted molar refractivity (Wildman–Crippen MR) is 104 cm³/mol. The molecule has 1 aliphatic heterocycles. The molecule has 0 bridgehead atoms. The molecule has 0 radical (unpaired) electrons. The zero-order chi connectivity index (χ0) is 24.6. The van der Waals surface area contributed by atoms with Crippen LogP contribution in [0.1, 0.15) is 21.5 Å². The average Bonchev–Trinajstić information content (AvgIpc) is 3.03. The van der Waals surface area contributed by atoms with Crippen molar-refractivity contribution in [1.82, 2.24) is 10.2 Å². The summed E-state index contributed by atoms with van der Waals surface area (Å²) in [6, 6.07) is 9.17. The topological polar surface area (TPSA) is 53.9 Å². The fraction of sp³-hybridized carbons (Fsp3) is 0.333. The van der Waals surface area contributed by atoms with Gasteiger partial charge in [-0.1, -0.05) is 12.1 Å². The normalized spacial score (nSPS) is 18.3. The van der Waals surface area contributed by atoms with E-state index < -0.39 is 41.6 Å². The van der Waals surface area contributed by atoms with Gasteiger partial charge in [0.2, 0.25) is 0 Å². The molecule has 0 fully saturated rings. The highest BCUT2D eigenvalue weighted by Crippen LogP contribution is 2.51. The zero-order valence-electron chi connectivity index (χ0n) is 17.3. The Hall–Kier alpha value is -3.15. The summed E-state index contributed by atoms with van der Waals surface area (Å²) in [5.74, 6) is -2.60. The highest BCUT2D eigenvalue weighted by atomic mass is 19.4. The Bertz CT molecular complexity index is 1020. The minimum Gasteiger partial charge on any atom is -0.380 e. The van der Waals surface area contributed by atoms with Gasteiger partial charge < -0.3 is 15.0 Å². The van der Waals surface area contributed by atoms with Crippen LogP contribution in [-0.2, 0) is 11.3 Å². The lowest BCUT2D eigenvalue weighted by atomic mass is 9.94. The standard InChI is InChI=1S/C21H18F7N3O2/c1-31-16(13-7-9-15(22)10-8-13)30-19(20(23,24)25,21(26,27)28)18(31)29-17(32)14-5-3-12(4-6-14)11-33-2/h3-10,18H,11H2,1-2H3,(H,29,32). The van der Waals surface area contributed by atoms with Crippen molar-refractivity contribution in [3.8, 4) is 0 Å². The second kappa shape index (κ2) is 8.65. The van der Waals surface area contributed by atoms with Gasteiger partial charge in [-0.25, -0.2) is 9.38 Å². The van der Waals surface area contributed by atoms with Gasteiger partial charge in [0.05, 0.1) is 6.61 Å². The Morgan fingerprint density at radius 3 is 2.06 bits per heavy atom. The van der Waals surface area contributed by atoms with Crippen LogP contribution >= 0.6 is 0 Å². The molecule has 1 aliphatic rings. The molecule has 0 aromatic heterocycles. The maximum Gasteiger partial charge on any atom is 0.426 e. The molecular formula is C21H18F7N3O2. The SMILES string of the molecule is COCc1ccc(C(=O)NC2N(C)C(c3ccc(F)cc3)=NC2(C(F)(F)F)C(F)(F)F)cc1. The number of aliphatic imine (C=N–C) groups is 1. The first kappa shape index (κ1) is 24.5. The number of hydrogen-bond donors (Lipinski definition) is 1. The molecule has 3 rings (SSSR count). The second-order valence-corrected chi connectivity index (χ2v) is 7.32. The first-order valence-electron chi connectivity index (χ1n) is 9.42. The Labute approximate surface area is 183 Å². The molecule has 1 atom stereocenters. The van der Waals surface area contributed by atoms with Gasteiger partial charge in [0.25, 0.3) is 11.4 Å². The number of carbonyl (C=O) groups excluding carboxylic acids is 1. The lowest BCUT2D eigenvalue weighted by Crippen LogP contribution is -2.68. The number of ether oxygens (including phenoxy) is 1. The number of carbonyl (C=O) groups is 1. The number of nitrogens with one attached hydrogen (secondary N) is 1. The number of hydrogen-bond acceptors (Lipinski definition) is 4. The van der Waals surface area contributed by atoms with Crippen molar-refractivity contribution < 1.29 is 40.3 Å². The summed E-state index contributed by atoms with van der Waals surface area (Å²) in [5, 5.41) is 1.84. The first-order chi connectivity index (χ1) is 15.3. The summed E-state index contributed by atoms with van der Waals surface area (Å²) in [6.07, 6.45) is -14.5. The van der Waals surface area contributed by atoms with E-state index in [1.54, 1.807) is 0 Å². The van der Waals surface area contributed by atoms with E-state index in [1.807, 2.05) is 5.32 Å². The van der Waals surface area contributed by atoms with E-state index in [4.69, 9.17) is 4.74 Å². The van der Waals surface area contributed by atoms with Gasteiger partial charge in [0.15, 0.2) is 0 Å². The molecule has 2 aromatic carbocycles. The molecule has 1 unspecified atom stereocenters. The molecular weight excluding hydrogens is 459 g/mol. The van der Waals surface area contributed by atoms with Crippen LogP contribution in [0.15, 0.2) is 53.5 Å². The summed E-state index contributed by atoms with van der Waals surface area (Å²) in [5.41, 5.74) is -4.34. The molecule has 0 saturated carbocycles. The molecule has 178 valence electrons. The van der Waals surface area contributed by atoms with Crippen molar-refractivity contribution in [2.45, 2.75) is 30.7 Å². The largest absolute Gasteiger partial charge is 0.426 e. The van der Waals surface area contributed by atoms with E-state index >= 15 is 0 Å². The Kier molecular flexibility index (Phi) is 6.42. The third-order valence-corrected chi connectivity index (χ3v) is 5.16. The molecule has 1 heterocycles. The minimum atomic E-state index is -5.92. The number of methoxy groups -OCH3 is 1. The van der Waals surface area contributed by atoms with Gasteiger partial charge >= 0.3 is 12.4 Å². The highest BCUT2D eigenvalue weighted by molar-refractivity contribution is 6.02. The summed E-state index contributed by atoms with van der Waals surface area (Å²) < 4.78 is 102. The maximum absolute atomic E-state index is 14.0. The molecule has 0 spiro atoms. The number of halogens is 7. The van der Waals surface area contributed by atoms with E-state index in [0.29, 0.717) is 10.5 Å². The van der Waals surface area contributed by atoms with Crippen molar-refractivity contribution in [1.29, 1.82) is 0 Å². The molecule has 33 heavy (non-hydrogen) atoms. The number of benzene rings is 2. The average molecular weight is 477 g/mol. The number of amidine groups is 1. The molecule has 1 N–H and O–H groups in total. The van der Waals surface area contributed by atoms with Crippen LogP contribution in [0.25, 0.3) is 0 Å². The highest BCUT2D eigenvalue weighted by Gasteiger charge is 2.78. The van der Waals surface area contributed by atoms with Gasteiger partial charge in [0.1, 0.15) is 17.8 Å². The van der Waals surface area contributed by atoms with Crippen LogP contribution in [0.4, 0.5) is 30.7 Å². The van der Waals surface area contributed by atoms with Gasteiger partial charge in [-0.3, -0.25) is 4.79 Å². The lowest BCUT2D eigenvalue weighted by Gasteiger charge is -2.38. The van der Waals surface area contributed by atoms with Crippen molar-refractivity contribution in [3.63, 3.8) is 0 Å². The number of rotatable bonds is 5. The lowest BCUT2D eigenvalue weighted by molar-refractivity contribution is -0.304. The van der Waals surface area contributed by atoms with Gasteiger partial charge in [-0.15, -0.1) is 0 Å². The van der Waals surface area contributed by atoms with E-state index in [9.17, 15) is 35.5 Å². The van der Waals surface area contributed by atoms with Crippen LogP contribution in [-0.4, -0.2) is 54.9 Å². The van der Waals surface area contributed by atoms with Crippen molar-refractivity contribution in [3.05, 3.63) is 71.0 Å². The van der Waals surface area contributed by atoms with Crippen LogP contribution in [0.5, 0.6) is 0 Å². The third-order valence-electron chi connectivity index (χ3n) is 5.16. The van der Waals surface area contributed by atoms with Crippen LogP contribution in [0, 0.1) is 5.82 Å². The van der Waals surface area contributed by atoms with E-state index in [0.717, 1.165) is 31.3 Å². The fourth-order valence-electron chi connectivity index (χ4n) is 3.50. The molecule has 0 saturated heterocycles. The van der Waals surface area contributed by atoms with Crippen LogP contribution < -0.4 is 5.32 Å².